The Morgan fingerprint density at radius 3 is 2.81 bits per heavy atom. The molecule has 11 heteroatoms. The first-order chi connectivity index (χ1) is 18.6. The molecule has 196 valence electrons. The highest BCUT2D eigenvalue weighted by Gasteiger charge is 2.23. The minimum Gasteiger partial charge on any atom is -0.493 e. The number of ether oxygens (including phenoxy) is 1. The molecule has 0 aliphatic carbocycles. The molecule has 0 radical (unpaired) electrons. The third-order valence-electron chi connectivity index (χ3n) is 6.30. The van der Waals surface area contributed by atoms with Crippen molar-refractivity contribution in [3.8, 4) is 17.1 Å². The molecule has 1 fully saturated rings. The van der Waals surface area contributed by atoms with E-state index in [0.717, 1.165) is 19.4 Å². The molecular weight excluding hydrogens is 480 g/mol. The van der Waals surface area contributed by atoms with Gasteiger partial charge in [-0.05, 0) is 63.9 Å². The van der Waals surface area contributed by atoms with E-state index < -0.39 is 28.5 Å². The molecule has 1 aliphatic heterocycles. The van der Waals surface area contributed by atoms with Crippen molar-refractivity contribution >= 4 is 21.1 Å². The lowest BCUT2D eigenvalue weighted by molar-refractivity contribution is 0.297. The van der Waals surface area contributed by atoms with Gasteiger partial charge in [-0.15, -0.1) is 0 Å². The van der Waals surface area contributed by atoms with Crippen LogP contribution in [-0.4, -0.2) is 65.8 Å². The highest BCUT2D eigenvalue weighted by molar-refractivity contribution is 7.89. The van der Waals surface area contributed by atoms with Crippen LogP contribution in [0.15, 0.2) is 27.9 Å². The summed E-state index contributed by atoms with van der Waals surface area (Å²) in [7, 11) is -0.842. The van der Waals surface area contributed by atoms with Crippen molar-refractivity contribution in [2.75, 3.05) is 26.7 Å². The summed E-state index contributed by atoms with van der Waals surface area (Å²) >= 11 is 0. The monoisotopic (exact) mass is 520 g/mol. The van der Waals surface area contributed by atoms with E-state index in [0.29, 0.717) is 18.7 Å². The molecule has 4 rings (SSSR count). The van der Waals surface area contributed by atoms with Gasteiger partial charge in [-0.25, -0.2) is 18.1 Å². The number of likely N-dealkylation sites (tertiary alicyclic amines) is 1. The number of nitrogens with zero attached hydrogens (tertiary/aromatic N) is 4. The summed E-state index contributed by atoms with van der Waals surface area (Å²) < 4.78 is 68.8. The molecule has 1 unspecified atom stereocenters. The van der Waals surface area contributed by atoms with Gasteiger partial charge in [0.1, 0.15) is 17.1 Å². The van der Waals surface area contributed by atoms with Crippen LogP contribution in [0.5, 0.6) is 5.75 Å². The van der Waals surface area contributed by atoms with Gasteiger partial charge in [0, 0.05) is 25.1 Å². The van der Waals surface area contributed by atoms with Gasteiger partial charge in [0.15, 0.2) is 5.52 Å². The van der Waals surface area contributed by atoms with E-state index in [1.54, 1.807) is 7.05 Å². The van der Waals surface area contributed by atoms with E-state index in [1.807, 2.05) is 18.9 Å². The van der Waals surface area contributed by atoms with Crippen molar-refractivity contribution in [3.63, 3.8) is 0 Å². The van der Waals surface area contributed by atoms with Crippen molar-refractivity contribution < 1.29 is 18.6 Å². The maximum Gasteiger partial charge on any atom is 0.277 e. The second kappa shape index (κ2) is 11.1. The standard InChI is InChI=1S/C25H36N6O4S/c1-5-8-20-22-23(31(4)29-20)25(32)28-24(27-22)19-16-18(10-11-21(19)35-15-6-2)36(33,34)26-13-12-17-9-7-14-30(17)3/h10-11,16-17,26H,5-9,12-15H2,1-4H3,(H,27,28,32)/i5D2,13D2. The topological polar surface area (TPSA) is 122 Å². The Morgan fingerprint density at radius 1 is 1.31 bits per heavy atom. The van der Waals surface area contributed by atoms with Crippen LogP contribution in [0.2, 0.25) is 0 Å². The van der Waals surface area contributed by atoms with Gasteiger partial charge in [-0.3, -0.25) is 9.48 Å². The molecule has 36 heavy (non-hydrogen) atoms. The Labute approximate surface area is 217 Å². The summed E-state index contributed by atoms with van der Waals surface area (Å²) in [6.07, 6.45) is 0.730. The molecule has 1 saturated heterocycles. The Morgan fingerprint density at radius 2 is 2.11 bits per heavy atom. The molecule has 0 bridgehead atoms. The second-order valence-electron chi connectivity index (χ2n) is 8.98. The first-order valence-electron chi connectivity index (χ1n) is 14.1. The van der Waals surface area contributed by atoms with E-state index in [1.165, 1.54) is 29.8 Å². The predicted molar refractivity (Wildman–Crippen MR) is 140 cm³/mol. The summed E-state index contributed by atoms with van der Waals surface area (Å²) in [5.74, 6) is 0.317. The van der Waals surface area contributed by atoms with Gasteiger partial charge in [0.05, 0.1) is 22.8 Å². The molecule has 1 aromatic carbocycles. The van der Waals surface area contributed by atoms with E-state index >= 15 is 0 Å². The quantitative estimate of drug-likeness (QED) is 0.399. The van der Waals surface area contributed by atoms with Crippen LogP contribution in [-0.2, 0) is 23.5 Å². The van der Waals surface area contributed by atoms with Crippen molar-refractivity contribution in [2.24, 2.45) is 7.05 Å². The van der Waals surface area contributed by atoms with Gasteiger partial charge in [-0.1, -0.05) is 20.2 Å². The van der Waals surface area contributed by atoms with Crippen LogP contribution in [0.3, 0.4) is 0 Å². The van der Waals surface area contributed by atoms with Crippen molar-refractivity contribution in [1.29, 1.82) is 0 Å². The zero-order chi connectivity index (χ0) is 29.5. The first kappa shape index (κ1) is 21.3. The van der Waals surface area contributed by atoms with E-state index in [4.69, 9.17) is 10.2 Å². The Balaban J connectivity index is 1.77. The van der Waals surface area contributed by atoms with Gasteiger partial charge in [0.2, 0.25) is 10.0 Å². The van der Waals surface area contributed by atoms with Gasteiger partial charge in [0.25, 0.3) is 5.56 Å². The number of H-pyrrole nitrogens is 1. The molecule has 1 aliphatic rings. The van der Waals surface area contributed by atoms with Crippen LogP contribution < -0.4 is 15.0 Å². The number of hydrogen-bond acceptors (Lipinski definition) is 7. The fraction of sp³-hybridized carbons (Fsp3) is 0.560. The molecule has 2 N–H and O–H groups in total. The smallest absolute Gasteiger partial charge is 0.277 e. The highest BCUT2D eigenvalue weighted by Crippen LogP contribution is 2.31. The Bertz CT molecular complexity index is 1550. The molecule has 0 spiro atoms. The molecule has 2 aromatic heterocycles. The lowest BCUT2D eigenvalue weighted by Crippen LogP contribution is -2.31. The number of sulfonamides is 1. The molecule has 10 nitrogen and oxygen atoms in total. The summed E-state index contributed by atoms with van der Waals surface area (Å²) in [5.41, 5.74) is 0.332. The molecule has 1 atom stereocenters. The summed E-state index contributed by atoms with van der Waals surface area (Å²) in [4.78, 5) is 22.2. The van der Waals surface area contributed by atoms with Gasteiger partial charge < -0.3 is 14.6 Å². The number of aromatic amines is 1. The van der Waals surface area contributed by atoms with E-state index in [-0.39, 0.29) is 51.9 Å². The fourth-order valence-corrected chi connectivity index (χ4v) is 5.32. The number of benzene rings is 1. The number of nitrogens with one attached hydrogen (secondary N) is 2. The highest BCUT2D eigenvalue weighted by atomic mass is 32.2. The average Bonchev–Trinajstić information content (AvgIpc) is 3.37. The third kappa shape index (κ3) is 5.47. The molecule has 0 saturated carbocycles. The molecule has 3 heterocycles. The van der Waals surface area contributed by atoms with Crippen molar-refractivity contribution in [2.45, 2.75) is 63.3 Å². The van der Waals surface area contributed by atoms with Gasteiger partial charge >= 0.3 is 0 Å². The van der Waals surface area contributed by atoms with Crippen molar-refractivity contribution in [3.05, 3.63) is 34.2 Å². The van der Waals surface area contributed by atoms with Crippen LogP contribution >= 0.6 is 0 Å². The maximum atomic E-state index is 13.4. The SMILES string of the molecule is [2H]C([2H])(C)Cc1nn(C)c2c(=O)[nH]c(-c3cc(S(=O)(=O)NC([2H])([2H])CC4CCCN4C)ccc3OCCC)nc12. The minimum atomic E-state index is -4.31. The van der Waals surface area contributed by atoms with Crippen LogP contribution in [0.25, 0.3) is 22.4 Å². The lowest BCUT2D eigenvalue weighted by Gasteiger charge is -2.19. The zero-order valence-corrected chi connectivity index (χ0v) is 21.9. The zero-order valence-electron chi connectivity index (χ0n) is 25.1. The summed E-state index contributed by atoms with van der Waals surface area (Å²) in [6, 6.07) is 4.01. The number of fused-ring (bicyclic) bond motifs is 1. The Hall–Kier alpha value is -2.76. The summed E-state index contributed by atoms with van der Waals surface area (Å²) in [5, 5.41) is 4.30. The lowest BCUT2D eigenvalue weighted by atomic mass is 10.1. The van der Waals surface area contributed by atoms with Crippen LogP contribution in [0, 0.1) is 0 Å². The minimum absolute atomic E-state index is 0.00747. The van der Waals surface area contributed by atoms with E-state index in [2.05, 4.69) is 19.8 Å². The van der Waals surface area contributed by atoms with Gasteiger partial charge in [-0.2, -0.15) is 5.10 Å². The normalized spacial score (nSPS) is 19.2. The number of aryl methyl sites for hydroxylation is 2. The van der Waals surface area contributed by atoms with Crippen LogP contribution in [0.1, 0.15) is 57.1 Å². The number of hydrogen-bond donors (Lipinski definition) is 2. The largest absolute Gasteiger partial charge is 0.493 e. The van der Waals surface area contributed by atoms with E-state index in [9.17, 15) is 13.2 Å². The van der Waals surface area contributed by atoms with Crippen LogP contribution in [0.4, 0.5) is 0 Å². The molecule has 0 amide bonds. The maximum absolute atomic E-state index is 13.4. The predicted octanol–water partition coefficient (Wildman–Crippen LogP) is 2.83. The third-order valence-corrected chi connectivity index (χ3v) is 7.59. The fourth-order valence-electron chi connectivity index (χ4n) is 4.41. The molecule has 3 aromatic rings. The van der Waals surface area contributed by atoms with Crippen molar-refractivity contribution in [1.82, 2.24) is 29.4 Å². The molecular formula is C25H36N6O4S. The second-order valence-corrected chi connectivity index (χ2v) is 10.7. The Kier molecular flexibility index (Phi) is 6.58. The summed E-state index contributed by atoms with van der Waals surface area (Å²) in [6.45, 7) is 2.31. The first-order valence-corrected chi connectivity index (χ1v) is 13.6. The number of rotatable bonds is 11. The average molecular weight is 521 g/mol. The number of aromatic nitrogens is 4.